The van der Waals surface area contributed by atoms with Crippen LogP contribution in [0, 0.1) is 0 Å². The molecule has 0 heterocycles. The monoisotopic (exact) mass is 392 g/mol. The van der Waals surface area contributed by atoms with Crippen molar-refractivity contribution in [3.05, 3.63) is 41.5 Å². The number of ketones is 1. The third kappa shape index (κ3) is 8.87. The van der Waals surface area contributed by atoms with Crippen LogP contribution in [-0.2, 0) is 20.6 Å². The fraction of sp³-hybridized carbons (Fsp3) is 0.591. The van der Waals surface area contributed by atoms with Crippen LogP contribution >= 0.6 is 0 Å². The summed E-state index contributed by atoms with van der Waals surface area (Å²) in [4.78, 5) is 11.5. The Balaban J connectivity index is 2.45. The number of allylic oxidation sites excluding steroid dienone is 1. The van der Waals surface area contributed by atoms with E-state index >= 15 is 0 Å². The van der Waals surface area contributed by atoms with Gasteiger partial charge < -0.3 is 13.9 Å². The van der Waals surface area contributed by atoms with Gasteiger partial charge in [0.1, 0.15) is 5.75 Å². The van der Waals surface area contributed by atoms with Crippen LogP contribution in [-0.4, -0.2) is 34.4 Å². The van der Waals surface area contributed by atoms with Crippen molar-refractivity contribution in [2.24, 2.45) is 0 Å². The van der Waals surface area contributed by atoms with Crippen LogP contribution in [0.15, 0.2) is 35.9 Å². The first-order chi connectivity index (χ1) is 12.5. The number of carbonyl (C=O) groups is 1. The fourth-order valence-corrected chi connectivity index (χ4v) is 3.37. The van der Waals surface area contributed by atoms with Gasteiger partial charge in [0, 0.05) is 6.61 Å². The van der Waals surface area contributed by atoms with Crippen LogP contribution in [0.5, 0.6) is 5.75 Å². The van der Waals surface area contributed by atoms with E-state index in [9.17, 15) is 4.79 Å². The summed E-state index contributed by atoms with van der Waals surface area (Å²) in [5.74, 6) is 0.916. The second-order valence-electron chi connectivity index (χ2n) is 8.42. The Kier molecular flexibility index (Phi) is 9.43. The fourth-order valence-electron chi connectivity index (χ4n) is 2.33. The Morgan fingerprint density at radius 2 is 1.67 bits per heavy atom. The van der Waals surface area contributed by atoms with Gasteiger partial charge in [0.2, 0.25) is 0 Å². The minimum atomic E-state index is -1.76. The van der Waals surface area contributed by atoms with Crippen LogP contribution < -0.4 is 4.74 Å². The molecular weight excluding hydrogens is 356 g/mol. The van der Waals surface area contributed by atoms with Gasteiger partial charge in [-0.15, -0.1) is 0 Å². The Morgan fingerprint density at radius 1 is 1.07 bits per heavy atom. The largest absolute Gasteiger partial charge is 0.497 e. The molecule has 0 bridgehead atoms. The number of benzene rings is 1. The highest BCUT2D eigenvalue weighted by Gasteiger charge is 2.36. The van der Waals surface area contributed by atoms with Crippen molar-refractivity contribution in [2.45, 2.75) is 65.3 Å². The zero-order valence-corrected chi connectivity index (χ0v) is 19.1. The molecule has 0 atom stereocenters. The van der Waals surface area contributed by atoms with E-state index in [0.717, 1.165) is 29.7 Å². The van der Waals surface area contributed by atoms with E-state index in [2.05, 4.69) is 33.9 Å². The van der Waals surface area contributed by atoms with Gasteiger partial charge in [0.05, 0.1) is 20.3 Å². The molecule has 0 unspecified atom stereocenters. The lowest BCUT2D eigenvalue weighted by molar-refractivity contribution is -0.112. The Labute approximate surface area is 166 Å². The van der Waals surface area contributed by atoms with Gasteiger partial charge >= 0.3 is 0 Å². The molecule has 0 saturated carbocycles. The Hall–Kier alpha value is -1.43. The standard InChI is InChI=1S/C22H36O4Si/c1-18(23)16-19(13-15-26-27(6,7)22(2,3)4)12-14-25-17-20-8-10-21(24-5)11-9-20/h8-11,16H,12-15,17H2,1-7H3/b19-16-. The smallest absolute Gasteiger partial charge is 0.191 e. The topological polar surface area (TPSA) is 44.8 Å². The summed E-state index contributed by atoms with van der Waals surface area (Å²) in [6.07, 6.45) is 3.25. The molecule has 0 spiro atoms. The van der Waals surface area contributed by atoms with E-state index in [-0.39, 0.29) is 10.8 Å². The molecule has 0 aliphatic rings. The maximum Gasteiger partial charge on any atom is 0.191 e. The molecule has 0 fully saturated rings. The highest BCUT2D eigenvalue weighted by molar-refractivity contribution is 6.74. The number of rotatable bonds is 11. The molecule has 152 valence electrons. The normalized spacial score (nSPS) is 12.9. The van der Waals surface area contributed by atoms with Crippen LogP contribution in [0.4, 0.5) is 0 Å². The molecule has 0 saturated heterocycles. The highest BCUT2D eigenvalue weighted by atomic mass is 28.4. The average molecular weight is 393 g/mol. The van der Waals surface area contributed by atoms with Crippen molar-refractivity contribution in [1.29, 1.82) is 0 Å². The van der Waals surface area contributed by atoms with Gasteiger partial charge in [0.15, 0.2) is 14.1 Å². The van der Waals surface area contributed by atoms with Crippen molar-refractivity contribution < 1.29 is 18.7 Å². The minimum Gasteiger partial charge on any atom is -0.497 e. The Morgan fingerprint density at radius 3 is 2.19 bits per heavy atom. The van der Waals surface area contributed by atoms with Crippen molar-refractivity contribution in [2.75, 3.05) is 20.3 Å². The van der Waals surface area contributed by atoms with Crippen molar-refractivity contribution in [3.63, 3.8) is 0 Å². The van der Waals surface area contributed by atoms with E-state index in [1.165, 1.54) is 0 Å². The molecule has 1 rings (SSSR count). The first-order valence-corrected chi connectivity index (χ1v) is 12.5. The molecule has 0 amide bonds. The van der Waals surface area contributed by atoms with Crippen molar-refractivity contribution in [1.82, 2.24) is 0 Å². The molecule has 0 N–H and O–H groups in total. The average Bonchev–Trinajstić information content (AvgIpc) is 2.57. The molecule has 0 radical (unpaired) electrons. The second kappa shape index (κ2) is 10.8. The molecular formula is C22H36O4Si. The SMILES string of the molecule is COc1ccc(COCC/C(=C/C(C)=O)CCO[Si](C)(C)C(C)(C)C)cc1. The summed E-state index contributed by atoms with van der Waals surface area (Å²) in [5, 5.41) is 0.193. The lowest BCUT2D eigenvalue weighted by Crippen LogP contribution is -2.41. The van der Waals surface area contributed by atoms with Crippen LogP contribution in [0.3, 0.4) is 0 Å². The summed E-state index contributed by atoms with van der Waals surface area (Å²) in [6, 6.07) is 7.85. The first kappa shape index (κ1) is 23.6. The minimum absolute atomic E-state index is 0.0764. The predicted molar refractivity (Wildman–Crippen MR) is 114 cm³/mol. The van der Waals surface area contributed by atoms with Crippen molar-refractivity contribution in [3.8, 4) is 5.75 Å². The number of hydrogen-bond donors (Lipinski definition) is 0. The van der Waals surface area contributed by atoms with Gasteiger partial charge in [0.25, 0.3) is 0 Å². The summed E-state index contributed by atoms with van der Waals surface area (Å²) in [7, 11) is -0.0995. The number of carbonyl (C=O) groups excluding carboxylic acids is 1. The predicted octanol–water partition coefficient (Wildman–Crippen LogP) is 5.53. The van der Waals surface area contributed by atoms with Crippen LogP contribution in [0.2, 0.25) is 18.1 Å². The van der Waals surface area contributed by atoms with Crippen molar-refractivity contribution >= 4 is 14.1 Å². The molecule has 1 aromatic rings. The third-order valence-corrected chi connectivity index (χ3v) is 9.63. The van der Waals surface area contributed by atoms with Gasteiger partial charge in [-0.3, -0.25) is 4.79 Å². The molecule has 0 aliphatic carbocycles. The van der Waals surface area contributed by atoms with E-state index in [4.69, 9.17) is 13.9 Å². The van der Waals surface area contributed by atoms with E-state index in [0.29, 0.717) is 19.8 Å². The van der Waals surface area contributed by atoms with Gasteiger partial charge in [-0.2, -0.15) is 0 Å². The molecule has 1 aromatic carbocycles. The molecule has 4 nitrogen and oxygen atoms in total. The first-order valence-electron chi connectivity index (χ1n) is 9.60. The summed E-state index contributed by atoms with van der Waals surface area (Å²) < 4.78 is 17.2. The molecule has 0 aliphatic heterocycles. The van der Waals surface area contributed by atoms with Gasteiger partial charge in [-0.05, 0) is 61.7 Å². The quantitative estimate of drug-likeness (QED) is 0.282. The Bertz CT molecular complexity index is 612. The molecule has 5 heteroatoms. The zero-order valence-electron chi connectivity index (χ0n) is 18.1. The summed E-state index contributed by atoms with van der Waals surface area (Å²) >= 11 is 0. The summed E-state index contributed by atoms with van der Waals surface area (Å²) in [6.45, 7) is 14.6. The highest BCUT2D eigenvalue weighted by Crippen LogP contribution is 2.36. The number of hydrogen-bond acceptors (Lipinski definition) is 4. The third-order valence-electron chi connectivity index (χ3n) is 5.09. The number of methoxy groups -OCH3 is 1. The maximum atomic E-state index is 11.5. The van der Waals surface area contributed by atoms with Crippen LogP contribution in [0.25, 0.3) is 0 Å². The number of ether oxygens (including phenoxy) is 2. The van der Waals surface area contributed by atoms with Gasteiger partial charge in [-0.1, -0.05) is 38.5 Å². The zero-order chi connectivity index (χ0) is 20.5. The van der Waals surface area contributed by atoms with E-state index in [1.54, 1.807) is 20.1 Å². The van der Waals surface area contributed by atoms with E-state index in [1.807, 2.05) is 24.3 Å². The van der Waals surface area contributed by atoms with E-state index < -0.39 is 8.32 Å². The lowest BCUT2D eigenvalue weighted by atomic mass is 10.1. The van der Waals surface area contributed by atoms with Gasteiger partial charge in [-0.25, -0.2) is 0 Å². The summed E-state index contributed by atoms with van der Waals surface area (Å²) in [5.41, 5.74) is 2.20. The lowest BCUT2D eigenvalue weighted by Gasteiger charge is -2.36. The maximum absolute atomic E-state index is 11.5. The molecule has 27 heavy (non-hydrogen) atoms. The second-order valence-corrected chi connectivity index (χ2v) is 13.2. The van der Waals surface area contributed by atoms with Crippen LogP contribution in [0.1, 0.15) is 46.1 Å². The molecule has 0 aromatic heterocycles.